The summed E-state index contributed by atoms with van der Waals surface area (Å²) in [6.45, 7) is 2.10. The van der Waals surface area contributed by atoms with Gasteiger partial charge in [0, 0.05) is 11.6 Å². The molecule has 26 heavy (non-hydrogen) atoms. The molecule has 0 N–H and O–H groups in total. The molecule has 1 aromatic heterocycles. The molecule has 0 amide bonds. The topological polar surface area (TPSA) is 65.7 Å². The van der Waals surface area contributed by atoms with E-state index in [4.69, 9.17) is 13.9 Å². The van der Waals surface area contributed by atoms with E-state index in [0.717, 1.165) is 11.1 Å². The fourth-order valence-electron chi connectivity index (χ4n) is 2.96. The van der Waals surface area contributed by atoms with Crippen LogP contribution in [0.5, 0.6) is 11.5 Å². The van der Waals surface area contributed by atoms with Crippen LogP contribution in [-0.2, 0) is 0 Å². The van der Waals surface area contributed by atoms with E-state index in [-0.39, 0.29) is 23.4 Å². The average molecular weight is 348 g/mol. The molecule has 0 fully saturated rings. The number of allylic oxidation sites excluding steroid dienone is 1. The molecular weight excluding hydrogens is 332 g/mol. The second-order valence-corrected chi connectivity index (χ2v) is 6.17. The summed E-state index contributed by atoms with van der Waals surface area (Å²) >= 11 is 0. The van der Waals surface area contributed by atoms with E-state index in [1.54, 1.807) is 37.5 Å². The molecule has 2 aromatic carbocycles. The van der Waals surface area contributed by atoms with Gasteiger partial charge in [0.05, 0.1) is 18.1 Å². The van der Waals surface area contributed by atoms with Crippen molar-refractivity contribution in [1.29, 1.82) is 0 Å². The van der Waals surface area contributed by atoms with Crippen LogP contribution < -0.4 is 14.9 Å². The Morgan fingerprint density at radius 2 is 1.81 bits per heavy atom. The van der Waals surface area contributed by atoms with E-state index in [1.807, 2.05) is 19.1 Å². The molecule has 130 valence electrons. The second-order valence-electron chi connectivity index (χ2n) is 6.17. The van der Waals surface area contributed by atoms with E-state index in [1.165, 1.54) is 6.07 Å². The van der Waals surface area contributed by atoms with Crippen LogP contribution in [0.4, 0.5) is 0 Å². The van der Waals surface area contributed by atoms with Gasteiger partial charge in [0.1, 0.15) is 18.1 Å². The summed E-state index contributed by atoms with van der Waals surface area (Å²) in [6.07, 6.45) is 1.54. The second kappa shape index (κ2) is 6.19. The Kier molecular flexibility index (Phi) is 3.84. The normalized spacial score (nSPS) is 13.6. The fourth-order valence-corrected chi connectivity index (χ4v) is 2.96. The minimum atomic E-state index is -0.190. The lowest BCUT2D eigenvalue weighted by Crippen LogP contribution is -2.05. The molecule has 5 heteroatoms. The molecule has 0 bridgehead atoms. The van der Waals surface area contributed by atoms with Gasteiger partial charge in [0.25, 0.3) is 0 Å². The standard InChI is InChI=1S/C21H16O5/c1-12-9-17(22)15-7-8-16-18(23)10-19(26-21(16)20(15)25-11-12)13-3-5-14(24-2)6-4-13/h3-10H,11H2,1-2H3. The smallest absolute Gasteiger partial charge is 0.193 e. The third-order valence-electron chi connectivity index (χ3n) is 4.31. The zero-order chi connectivity index (χ0) is 18.3. The molecule has 1 aliphatic heterocycles. The first-order chi connectivity index (χ1) is 12.6. The SMILES string of the molecule is COc1ccc(-c2cc(=O)c3ccc4c(c3o2)OCC(C)=CC4=O)cc1. The molecule has 0 aliphatic carbocycles. The lowest BCUT2D eigenvalue weighted by atomic mass is 10.0. The zero-order valence-electron chi connectivity index (χ0n) is 14.4. The molecule has 0 spiro atoms. The van der Waals surface area contributed by atoms with Crippen LogP contribution in [0.15, 0.2) is 63.3 Å². The Balaban J connectivity index is 1.93. The van der Waals surface area contributed by atoms with Crippen molar-refractivity contribution in [3.63, 3.8) is 0 Å². The first-order valence-corrected chi connectivity index (χ1v) is 8.16. The highest BCUT2D eigenvalue weighted by Gasteiger charge is 2.21. The molecule has 0 radical (unpaired) electrons. The molecular formula is C21H16O5. The van der Waals surface area contributed by atoms with Crippen LogP contribution >= 0.6 is 0 Å². The van der Waals surface area contributed by atoms with Gasteiger partial charge in [-0.05, 0) is 55.0 Å². The molecule has 0 saturated carbocycles. The Morgan fingerprint density at radius 1 is 1.04 bits per heavy atom. The van der Waals surface area contributed by atoms with Crippen molar-refractivity contribution >= 4 is 16.8 Å². The van der Waals surface area contributed by atoms with E-state index in [2.05, 4.69) is 0 Å². The molecule has 0 unspecified atom stereocenters. The predicted molar refractivity (Wildman–Crippen MR) is 98.1 cm³/mol. The van der Waals surface area contributed by atoms with Crippen molar-refractivity contribution in [2.75, 3.05) is 13.7 Å². The minimum absolute atomic E-state index is 0.158. The van der Waals surface area contributed by atoms with Gasteiger partial charge >= 0.3 is 0 Å². The third-order valence-corrected chi connectivity index (χ3v) is 4.31. The predicted octanol–water partition coefficient (Wildman–Crippen LogP) is 3.99. The third kappa shape index (κ3) is 2.67. The molecule has 5 nitrogen and oxygen atoms in total. The van der Waals surface area contributed by atoms with Gasteiger partial charge in [-0.2, -0.15) is 0 Å². The van der Waals surface area contributed by atoms with Crippen molar-refractivity contribution in [3.8, 4) is 22.8 Å². The van der Waals surface area contributed by atoms with Gasteiger partial charge in [-0.15, -0.1) is 0 Å². The van der Waals surface area contributed by atoms with Gasteiger partial charge in [-0.1, -0.05) is 0 Å². The number of rotatable bonds is 2. The van der Waals surface area contributed by atoms with E-state index in [0.29, 0.717) is 28.2 Å². The highest BCUT2D eigenvalue weighted by molar-refractivity contribution is 6.10. The minimum Gasteiger partial charge on any atom is -0.497 e. The van der Waals surface area contributed by atoms with E-state index in [9.17, 15) is 9.59 Å². The monoisotopic (exact) mass is 348 g/mol. The van der Waals surface area contributed by atoms with Gasteiger partial charge in [0.15, 0.2) is 22.5 Å². The molecule has 4 rings (SSSR count). The number of fused-ring (bicyclic) bond motifs is 3. The van der Waals surface area contributed by atoms with Crippen LogP contribution in [0.2, 0.25) is 0 Å². The zero-order valence-corrected chi connectivity index (χ0v) is 14.4. The number of carbonyl (C=O) groups excluding carboxylic acids is 1. The highest BCUT2D eigenvalue weighted by atomic mass is 16.5. The lowest BCUT2D eigenvalue weighted by molar-refractivity contribution is 0.104. The highest BCUT2D eigenvalue weighted by Crippen LogP contribution is 2.34. The van der Waals surface area contributed by atoms with Gasteiger partial charge in [-0.3, -0.25) is 9.59 Å². The first kappa shape index (κ1) is 16.1. The molecule has 0 atom stereocenters. The summed E-state index contributed by atoms with van der Waals surface area (Å²) < 4.78 is 16.9. The maximum atomic E-state index is 12.6. The Bertz CT molecular complexity index is 1100. The summed E-state index contributed by atoms with van der Waals surface area (Å²) in [5.74, 6) is 1.27. The molecule has 2 heterocycles. The van der Waals surface area contributed by atoms with Crippen molar-refractivity contribution in [1.82, 2.24) is 0 Å². The quantitative estimate of drug-likeness (QED) is 0.700. The summed E-state index contributed by atoms with van der Waals surface area (Å²) in [4.78, 5) is 25.0. The summed E-state index contributed by atoms with van der Waals surface area (Å²) in [6, 6.07) is 11.9. The first-order valence-electron chi connectivity index (χ1n) is 8.16. The summed E-state index contributed by atoms with van der Waals surface area (Å²) in [7, 11) is 1.59. The fraction of sp³-hybridized carbons (Fsp3) is 0.143. The number of ether oxygens (including phenoxy) is 2. The number of methoxy groups -OCH3 is 1. The van der Waals surface area contributed by atoms with Crippen LogP contribution in [0.3, 0.4) is 0 Å². The number of hydrogen-bond acceptors (Lipinski definition) is 5. The molecule has 1 aliphatic rings. The van der Waals surface area contributed by atoms with Crippen molar-refractivity contribution < 1.29 is 18.7 Å². The number of benzene rings is 2. The Labute approximate surface area is 149 Å². The molecule has 0 saturated heterocycles. The van der Waals surface area contributed by atoms with Crippen LogP contribution in [0.25, 0.3) is 22.3 Å². The number of hydrogen-bond donors (Lipinski definition) is 0. The Morgan fingerprint density at radius 3 is 2.54 bits per heavy atom. The van der Waals surface area contributed by atoms with Gasteiger partial charge in [-0.25, -0.2) is 0 Å². The van der Waals surface area contributed by atoms with Crippen LogP contribution in [-0.4, -0.2) is 19.5 Å². The Hall–Kier alpha value is -3.34. The average Bonchev–Trinajstić information content (AvgIpc) is 2.80. The summed E-state index contributed by atoms with van der Waals surface area (Å²) in [5.41, 5.74) is 2.04. The molecule has 3 aromatic rings. The van der Waals surface area contributed by atoms with E-state index >= 15 is 0 Å². The maximum absolute atomic E-state index is 12.6. The maximum Gasteiger partial charge on any atom is 0.193 e. The van der Waals surface area contributed by atoms with Crippen LogP contribution in [0, 0.1) is 0 Å². The van der Waals surface area contributed by atoms with Gasteiger partial charge in [0.2, 0.25) is 0 Å². The summed E-state index contributed by atoms with van der Waals surface area (Å²) in [5, 5.41) is 0.383. The lowest BCUT2D eigenvalue weighted by Gasteiger charge is -2.11. The number of carbonyl (C=O) groups is 1. The van der Waals surface area contributed by atoms with E-state index < -0.39 is 0 Å². The van der Waals surface area contributed by atoms with Gasteiger partial charge < -0.3 is 13.9 Å². The van der Waals surface area contributed by atoms with Crippen molar-refractivity contribution in [2.24, 2.45) is 0 Å². The largest absolute Gasteiger partial charge is 0.497 e. The van der Waals surface area contributed by atoms with Crippen molar-refractivity contribution in [3.05, 3.63) is 69.9 Å². The van der Waals surface area contributed by atoms with Crippen molar-refractivity contribution in [2.45, 2.75) is 6.92 Å². The number of ketones is 1. The van der Waals surface area contributed by atoms with Crippen LogP contribution in [0.1, 0.15) is 17.3 Å².